The molecule has 1 aliphatic rings. The summed E-state index contributed by atoms with van der Waals surface area (Å²) in [5, 5.41) is 19.1. The van der Waals surface area contributed by atoms with Gasteiger partial charge in [0.15, 0.2) is 11.3 Å². The zero-order valence-electron chi connectivity index (χ0n) is 14.8. The smallest absolute Gasteiger partial charge is 0.368 e. The molecule has 0 fully saturated rings. The largest absolute Gasteiger partial charge is 0.505 e. The topological polar surface area (TPSA) is 97.2 Å². The number of rotatable bonds is 2. The van der Waals surface area contributed by atoms with Crippen LogP contribution in [0, 0.1) is 0 Å². The highest BCUT2D eigenvalue weighted by atomic mass is 16.4. The van der Waals surface area contributed by atoms with Gasteiger partial charge in [0.1, 0.15) is 5.39 Å². The second kappa shape index (κ2) is 6.16. The number of aromatic hydroxyl groups is 1. The van der Waals surface area contributed by atoms with Gasteiger partial charge in [-0.25, -0.2) is 4.79 Å². The Kier molecular flexibility index (Phi) is 3.61. The van der Waals surface area contributed by atoms with Crippen molar-refractivity contribution in [3.05, 3.63) is 74.9 Å². The van der Waals surface area contributed by atoms with E-state index in [4.69, 9.17) is 4.42 Å². The molecular weight excluding hydrogens is 358 g/mol. The van der Waals surface area contributed by atoms with Gasteiger partial charge in [-0.05, 0) is 36.6 Å². The number of aromatic nitrogens is 1. The van der Waals surface area contributed by atoms with Gasteiger partial charge >= 0.3 is 5.63 Å². The lowest BCUT2D eigenvalue weighted by Crippen LogP contribution is -2.25. The molecule has 5 rings (SSSR count). The van der Waals surface area contributed by atoms with Crippen molar-refractivity contribution < 1.29 is 9.52 Å². The third-order valence-electron chi connectivity index (χ3n) is 5.02. The van der Waals surface area contributed by atoms with Crippen molar-refractivity contribution in [3.8, 4) is 5.75 Å². The molecule has 0 amide bonds. The van der Waals surface area contributed by atoms with Crippen molar-refractivity contribution >= 4 is 33.2 Å². The van der Waals surface area contributed by atoms with Crippen LogP contribution in [0.4, 0.5) is 11.4 Å². The third kappa shape index (κ3) is 2.36. The van der Waals surface area contributed by atoms with Crippen LogP contribution < -0.4 is 11.2 Å². The van der Waals surface area contributed by atoms with Crippen LogP contribution >= 0.6 is 0 Å². The fourth-order valence-electron chi connectivity index (χ4n) is 3.77. The summed E-state index contributed by atoms with van der Waals surface area (Å²) in [6.45, 7) is 0.543. The van der Waals surface area contributed by atoms with E-state index in [9.17, 15) is 14.7 Å². The van der Waals surface area contributed by atoms with E-state index in [-0.39, 0.29) is 16.7 Å². The number of hydrogen-bond donors (Lipinski definition) is 1. The first-order valence-electron chi connectivity index (χ1n) is 8.96. The van der Waals surface area contributed by atoms with E-state index in [0.717, 1.165) is 23.9 Å². The van der Waals surface area contributed by atoms with Crippen LogP contribution in [0.25, 0.3) is 21.9 Å². The Hall–Kier alpha value is -3.74. The van der Waals surface area contributed by atoms with E-state index in [2.05, 4.69) is 10.2 Å². The zero-order chi connectivity index (χ0) is 19.3. The molecule has 0 bridgehead atoms. The normalized spacial score (nSPS) is 13.6. The minimum absolute atomic E-state index is 0.0480. The van der Waals surface area contributed by atoms with Crippen molar-refractivity contribution in [1.82, 2.24) is 4.57 Å². The summed E-state index contributed by atoms with van der Waals surface area (Å²) in [5.74, 6) is -0.502. The maximum absolute atomic E-state index is 13.1. The summed E-state index contributed by atoms with van der Waals surface area (Å²) in [6, 6.07) is 14.4. The van der Waals surface area contributed by atoms with Gasteiger partial charge in [-0.3, -0.25) is 4.79 Å². The van der Waals surface area contributed by atoms with Gasteiger partial charge in [0.25, 0.3) is 5.56 Å². The van der Waals surface area contributed by atoms with E-state index < -0.39 is 16.9 Å². The second-order valence-corrected chi connectivity index (χ2v) is 6.70. The summed E-state index contributed by atoms with van der Waals surface area (Å²) in [5.41, 5.74) is 0.757. The molecule has 0 aliphatic carbocycles. The van der Waals surface area contributed by atoms with Crippen LogP contribution in [0.2, 0.25) is 0 Å². The highest BCUT2D eigenvalue weighted by Gasteiger charge is 2.24. The number of benzene rings is 2. The molecule has 7 heteroatoms. The average Bonchev–Trinajstić information content (AvgIpc) is 2.72. The number of azo groups is 1. The third-order valence-corrected chi connectivity index (χ3v) is 5.02. The molecule has 28 heavy (non-hydrogen) atoms. The first kappa shape index (κ1) is 16.4. The summed E-state index contributed by atoms with van der Waals surface area (Å²) >= 11 is 0. The Bertz CT molecular complexity index is 1380. The molecule has 0 spiro atoms. The molecular formula is C21H15N3O4. The van der Waals surface area contributed by atoms with Crippen molar-refractivity contribution in [1.29, 1.82) is 0 Å². The zero-order valence-corrected chi connectivity index (χ0v) is 14.8. The number of pyridine rings is 1. The average molecular weight is 373 g/mol. The van der Waals surface area contributed by atoms with E-state index >= 15 is 0 Å². The molecule has 1 N–H and O–H groups in total. The molecule has 138 valence electrons. The number of hydrogen-bond acceptors (Lipinski definition) is 6. The molecule has 4 aromatic rings. The van der Waals surface area contributed by atoms with Crippen molar-refractivity contribution in [2.45, 2.75) is 19.4 Å². The minimum Gasteiger partial charge on any atom is -0.505 e. The van der Waals surface area contributed by atoms with Crippen molar-refractivity contribution in [2.24, 2.45) is 10.2 Å². The lowest BCUT2D eigenvalue weighted by atomic mass is 10.00. The Morgan fingerprint density at radius 3 is 2.64 bits per heavy atom. The standard InChI is InChI=1S/C21H15N3O4/c25-18-15-19(28-21(27)16(18)23-22-13-8-2-1-3-9-13)14-10-4-6-12-7-5-11-24(17(12)14)20(15)26/h1-4,6,8-10,25H,5,7,11H2. The summed E-state index contributed by atoms with van der Waals surface area (Å²) in [6.07, 6.45) is 1.68. The maximum atomic E-state index is 13.1. The fourth-order valence-corrected chi connectivity index (χ4v) is 3.77. The van der Waals surface area contributed by atoms with Gasteiger partial charge < -0.3 is 14.1 Å². The number of para-hydroxylation sites is 1. The van der Waals surface area contributed by atoms with Gasteiger partial charge in [0.2, 0.25) is 5.69 Å². The predicted molar refractivity (Wildman–Crippen MR) is 105 cm³/mol. The first-order chi connectivity index (χ1) is 13.6. The second-order valence-electron chi connectivity index (χ2n) is 6.70. The Labute approximate surface area is 158 Å². The Balaban J connectivity index is 1.84. The highest BCUT2D eigenvalue weighted by Crippen LogP contribution is 2.35. The molecule has 0 saturated heterocycles. The molecule has 2 aromatic carbocycles. The van der Waals surface area contributed by atoms with Gasteiger partial charge in [-0.2, -0.15) is 5.11 Å². The number of nitrogens with zero attached hydrogens (tertiary/aromatic N) is 3. The molecule has 0 radical (unpaired) electrons. The summed E-state index contributed by atoms with van der Waals surface area (Å²) in [4.78, 5) is 25.6. The molecule has 0 atom stereocenters. The quantitative estimate of drug-likeness (QED) is 0.421. The molecule has 7 nitrogen and oxygen atoms in total. The molecule has 0 saturated carbocycles. The minimum atomic E-state index is -0.842. The van der Waals surface area contributed by atoms with E-state index in [1.54, 1.807) is 34.9 Å². The summed E-state index contributed by atoms with van der Waals surface area (Å²) < 4.78 is 7.09. The predicted octanol–water partition coefficient (Wildman–Crippen LogP) is 4.18. The van der Waals surface area contributed by atoms with Crippen LogP contribution in [0.15, 0.2) is 72.8 Å². The van der Waals surface area contributed by atoms with Crippen LogP contribution in [0.1, 0.15) is 12.0 Å². The van der Waals surface area contributed by atoms with E-state index in [1.165, 1.54) is 0 Å². The highest BCUT2D eigenvalue weighted by molar-refractivity contribution is 6.06. The van der Waals surface area contributed by atoms with E-state index in [0.29, 0.717) is 17.6 Å². The van der Waals surface area contributed by atoms with Gasteiger partial charge in [-0.1, -0.05) is 30.3 Å². The van der Waals surface area contributed by atoms with Crippen LogP contribution in [0.5, 0.6) is 5.75 Å². The van der Waals surface area contributed by atoms with Crippen LogP contribution in [-0.2, 0) is 13.0 Å². The number of fused-ring (bicyclic) bond motifs is 2. The molecule has 2 aromatic heterocycles. The van der Waals surface area contributed by atoms with Crippen LogP contribution in [-0.4, -0.2) is 9.67 Å². The van der Waals surface area contributed by atoms with Gasteiger partial charge in [-0.15, -0.1) is 5.11 Å². The van der Waals surface area contributed by atoms with Crippen LogP contribution in [0.3, 0.4) is 0 Å². The SMILES string of the molecule is O=c1oc2c(c(O)c1N=Nc1ccccc1)c(=O)n1c3c(cccc23)CCC1. The lowest BCUT2D eigenvalue weighted by molar-refractivity contribution is 0.468. The van der Waals surface area contributed by atoms with Crippen molar-refractivity contribution in [3.63, 3.8) is 0 Å². The monoisotopic (exact) mass is 373 g/mol. The Morgan fingerprint density at radius 2 is 1.82 bits per heavy atom. The lowest BCUT2D eigenvalue weighted by Gasteiger charge is -2.20. The maximum Gasteiger partial charge on any atom is 0.368 e. The number of aryl methyl sites for hydroxylation is 2. The Morgan fingerprint density at radius 1 is 1.00 bits per heavy atom. The van der Waals surface area contributed by atoms with Crippen molar-refractivity contribution in [2.75, 3.05) is 0 Å². The molecule has 1 aliphatic heterocycles. The van der Waals surface area contributed by atoms with Gasteiger partial charge in [0.05, 0.1) is 11.2 Å². The molecule has 3 heterocycles. The van der Waals surface area contributed by atoms with E-state index in [1.807, 2.05) is 18.2 Å². The fraction of sp³-hybridized carbons (Fsp3) is 0.143. The molecule has 0 unspecified atom stereocenters. The first-order valence-corrected chi connectivity index (χ1v) is 8.96. The summed E-state index contributed by atoms with van der Waals surface area (Å²) in [7, 11) is 0. The van der Waals surface area contributed by atoms with Gasteiger partial charge in [0, 0.05) is 11.9 Å².